The second-order valence-corrected chi connectivity index (χ2v) is 7.23. The fraction of sp³-hybridized carbons (Fsp3) is 0.455. The van der Waals surface area contributed by atoms with Crippen LogP contribution in [0.5, 0.6) is 0 Å². The quantitative estimate of drug-likeness (QED) is 0.770. The lowest BCUT2D eigenvalue weighted by Gasteiger charge is -2.02. The average molecular weight is 317 g/mol. The predicted molar refractivity (Wildman–Crippen MR) is 73.0 cm³/mol. The number of thiophene rings is 1. The summed E-state index contributed by atoms with van der Waals surface area (Å²) in [5.74, 6) is 0.923. The van der Waals surface area contributed by atoms with E-state index < -0.39 is 10.0 Å². The average Bonchev–Trinajstić information content (AvgIpc) is 2.99. The van der Waals surface area contributed by atoms with Crippen LogP contribution in [0.1, 0.15) is 16.6 Å². The summed E-state index contributed by atoms with van der Waals surface area (Å²) in [5.41, 5.74) is 0. The summed E-state index contributed by atoms with van der Waals surface area (Å²) in [4.78, 5) is 4.83. The highest BCUT2D eigenvalue weighted by Crippen LogP contribution is 2.21. The van der Waals surface area contributed by atoms with Gasteiger partial charge in [0, 0.05) is 37.8 Å². The third kappa shape index (κ3) is 3.85. The van der Waals surface area contributed by atoms with Gasteiger partial charge in [0.25, 0.3) is 0 Å². The van der Waals surface area contributed by atoms with Gasteiger partial charge in [0.1, 0.15) is 4.21 Å². The molecular weight excluding hydrogens is 302 g/mol. The minimum atomic E-state index is -3.52. The Balaban J connectivity index is 1.92. The maximum Gasteiger partial charge on any atom is 0.250 e. The number of aliphatic hydroxyl groups is 1. The number of aromatic nitrogens is 2. The van der Waals surface area contributed by atoms with Crippen molar-refractivity contribution in [3.8, 4) is 0 Å². The van der Waals surface area contributed by atoms with Crippen LogP contribution in [0.2, 0.25) is 0 Å². The molecule has 0 aliphatic heterocycles. The largest absolute Gasteiger partial charge is 0.396 e. The Hall–Kier alpha value is -1.29. The monoisotopic (exact) mass is 317 g/mol. The molecule has 110 valence electrons. The van der Waals surface area contributed by atoms with Crippen molar-refractivity contribution in [1.29, 1.82) is 0 Å². The first kappa shape index (κ1) is 15.1. The summed E-state index contributed by atoms with van der Waals surface area (Å²) in [5, 5.41) is 12.5. The molecule has 0 spiro atoms. The first-order chi connectivity index (χ1) is 9.51. The van der Waals surface area contributed by atoms with Gasteiger partial charge in [0.2, 0.25) is 15.9 Å². The summed E-state index contributed by atoms with van der Waals surface area (Å²) in [6.45, 7) is 1.88. The van der Waals surface area contributed by atoms with E-state index >= 15 is 0 Å². The van der Waals surface area contributed by atoms with E-state index in [1.54, 1.807) is 13.0 Å². The molecule has 0 unspecified atom stereocenters. The lowest BCUT2D eigenvalue weighted by molar-refractivity contribution is 0.300. The second-order valence-electron chi connectivity index (χ2n) is 4.07. The molecule has 2 aromatic rings. The maximum atomic E-state index is 12.0. The van der Waals surface area contributed by atoms with Crippen LogP contribution in [0.3, 0.4) is 0 Å². The van der Waals surface area contributed by atoms with Crippen molar-refractivity contribution in [2.24, 2.45) is 0 Å². The van der Waals surface area contributed by atoms with Crippen LogP contribution >= 0.6 is 11.3 Å². The van der Waals surface area contributed by atoms with Crippen molar-refractivity contribution in [3.63, 3.8) is 0 Å². The number of sulfonamides is 1. The van der Waals surface area contributed by atoms with E-state index in [1.165, 1.54) is 6.07 Å². The van der Waals surface area contributed by atoms with Gasteiger partial charge in [-0.15, -0.1) is 11.3 Å². The standard InChI is InChI=1S/C11H15N3O4S2/c1-8-13-10(14-18-8)4-6-12-20(16,17)11-3-2-9(19-11)5-7-15/h2-3,12,15H,4-7H2,1H3. The van der Waals surface area contributed by atoms with Gasteiger partial charge in [-0.2, -0.15) is 4.98 Å². The van der Waals surface area contributed by atoms with Crippen LogP contribution in [0.25, 0.3) is 0 Å². The van der Waals surface area contributed by atoms with Gasteiger partial charge in [-0.3, -0.25) is 0 Å². The third-order valence-electron chi connectivity index (χ3n) is 2.47. The highest BCUT2D eigenvalue weighted by Gasteiger charge is 2.16. The first-order valence-electron chi connectivity index (χ1n) is 5.99. The van der Waals surface area contributed by atoms with Crippen LogP contribution in [0.15, 0.2) is 20.9 Å². The molecule has 2 N–H and O–H groups in total. The van der Waals surface area contributed by atoms with Crippen LogP contribution in [0.4, 0.5) is 0 Å². The van der Waals surface area contributed by atoms with E-state index in [0.717, 1.165) is 16.2 Å². The Morgan fingerprint density at radius 1 is 1.40 bits per heavy atom. The summed E-state index contributed by atoms with van der Waals surface area (Å²) in [7, 11) is -3.52. The van der Waals surface area contributed by atoms with Crippen molar-refractivity contribution in [3.05, 3.63) is 28.7 Å². The summed E-state index contributed by atoms with van der Waals surface area (Å²) >= 11 is 1.15. The van der Waals surface area contributed by atoms with Crippen LogP contribution in [-0.2, 0) is 22.9 Å². The topological polar surface area (TPSA) is 105 Å². The molecule has 0 radical (unpaired) electrons. The van der Waals surface area contributed by atoms with Gasteiger partial charge in [0.05, 0.1) is 0 Å². The van der Waals surface area contributed by atoms with Gasteiger partial charge in [-0.05, 0) is 12.1 Å². The molecule has 0 saturated heterocycles. The Morgan fingerprint density at radius 2 is 2.20 bits per heavy atom. The minimum absolute atomic E-state index is 0.00457. The Kier molecular flexibility index (Phi) is 4.86. The molecule has 0 saturated carbocycles. The Labute approximate surface area is 120 Å². The Morgan fingerprint density at radius 3 is 2.85 bits per heavy atom. The normalized spacial score (nSPS) is 11.9. The molecule has 9 heteroatoms. The van der Waals surface area contributed by atoms with E-state index in [2.05, 4.69) is 14.9 Å². The smallest absolute Gasteiger partial charge is 0.250 e. The van der Waals surface area contributed by atoms with Crippen molar-refractivity contribution >= 4 is 21.4 Å². The number of nitrogens with one attached hydrogen (secondary N) is 1. The van der Waals surface area contributed by atoms with E-state index in [9.17, 15) is 8.42 Å². The Bertz CT molecular complexity index is 663. The highest BCUT2D eigenvalue weighted by molar-refractivity contribution is 7.91. The van der Waals surface area contributed by atoms with Gasteiger partial charge in [0.15, 0.2) is 5.82 Å². The fourth-order valence-electron chi connectivity index (χ4n) is 1.56. The minimum Gasteiger partial charge on any atom is -0.396 e. The molecule has 20 heavy (non-hydrogen) atoms. The number of nitrogens with zero attached hydrogens (tertiary/aromatic N) is 2. The summed E-state index contributed by atoms with van der Waals surface area (Å²) < 4.78 is 31.6. The zero-order chi connectivity index (χ0) is 14.6. The van der Waals surface area contributed by atoms with Crippen molar-refractivity contribution in [1.82, 2.24) is 14.9 Å². The van der Waals surface area contributed by atoms with E-state index in [1.807, 2.05) is 0 Å². The molecule has 0 atom stereocenters. The van der Waals surface area contributed by atoms with Crippen LogP contribution in [-0.4, -0.2) is 36.8 Å². The van der Waals surface area contributed by atoms with Gasteiger partial charge in [-0.1, -0.05) is 5.16 Å². The van der Waals surface area contributed by atoms with Gasteiger partial charge < -0.3 is 9.63 Å². The number of rotatable bonds is 7. The van der Waals surface area contributed by atoms with Gasteiger partial charge in [-0.25, -0.2) is 13.1 Å². The second kappa shape index (κ2) is 6.44. The van der Waals surface area contributed by atoms with Crippen molar-refractivity contribution in [2.45, 2.75) is 24.0 Å². The molecule has 0 bridgehead atoms. The summed E-state index contributed by atoms with van der Waals surface area (Å²) in [6.07, 6.45) is 0.827. The molecule has 0 fully saturated rings. The molecule has 2 heterocycles. The van der Waals surface area contributed by atoms with Crippen LogP contribution < -0.4 is 4.72 Å². The molecular formula is C11H15N3O4S2. The fourth-order valence-corrected chi connectivity index (χ4v) is 3.98. The van der Waals surface area contributed by atoms with E-state index in [0.29, 0.717) is 24.6 Å². The zero-order valence-electron chi connectivity index (χ0n) is 10.9. The molecule has 0 amide bonds. The maximum absolute atomic E-state index is 12.0. The van der Waals surface area contributed by atoms with Crippen LogP contribution in [0, 0.1) is 6.92 Å². The predicted octanol–water partition coefficient (Wildman–Crippen LogP) is 0.495. The highest BCUT2D eigenvalue weighted by atomic mass is 32.2. The molecule has 0 aliphatic rings. The van der Waals surface area contributed by atoms with Crippen molar-refractivity contribution in [2.75, 3.05) is 13.2 Å². The van der Waals surface area contributed by atoms with E-state index in [4.69, 9.17) is 9.63 Å². The number of aryl methyl sites for hydroxylation is 1. The third-order valence-corrected chi connectivity index (χ3v) is 5.57. The molecule has 0 aromatic carbocycles. The lowest BCUT2D eigenvalue weighted by atomic mass is 10.4. The summed E-state index contributed by atoms with van der Waals surface area (Å²) in [6, 6.07) is 3.24. The molecule has 7 nitrogen and oxygen atoms in total. The van der Waals surface area contributed by atoms with Crippen molar-refractivity contribution < 1.29 is 18.0 Å². The first-order valence-corrected chi connectivity index (χ1v) is 8.29. The SMILES string of the molecule is Cc1nc(CCNS(=O)(=O)c2ccc(CCO)s2)no1. The zero-order valence-corrected chi connectivity index (χ0v) is 12.5. The number of hydrogen-bond donors (Lipinski definition) is 2. The van der Waals surface area contributed by atoms with Gasteiger partial charge >= 0.3 is 0 Å². The lowest BCUT2D eigenvalue weighted by Crippen LogP contribution is -2.25. The van der Waals surface area contributed by atoms with E-state index in [-0.39, 0.29) is 17.4 Å². The molecule has 0 aliphatic carbocycles. The molecule has 2 aromatic heterocycles. The number of aliphatic hydroxyl groups excluding tert-OH is 1. The molecule has 2 rings (SSSR count). The number of hydrogen-bond acceptors (Lipinski definition) is 7.